The lowest BCUT2D eigenvalue weighted by molar-refractivity contribution is -0.117. The zero-order valence-corrected chi connectivity index (χ0v) is 19.6. The molecule has 0 radical (unpaired) electrons. The first-order valence-corrected chi connectivity index (χ1v) is 11.4. The average Bonchev–Trinajstić information content (AvgIpc) is 3.48. The number of carbonyl (C=O) groups is 3. The summed E-state index contributed by atoms with van der Waals surface area (Å²) >= 11 is 0. The van der Waals surface area contributed by atoms with Gasteiger partial charge < -0.3 is 24.7 Å². The molecule has 36 heavy (non-hydrogen) atoms. The Bertz CT molecular complexity index is 1560. The van der Waals surface area contributed by atoms with E-state index in [0.717, 1.165) is 10.9 Å². The van der Waals surface area contributed by atoms with E-state index in [9.17, 15) is 14.4 Å². The van der Waals surface area contributed by atoms with Crippen LogP contribution in [0.15, 0.2) is 66.9 Å². The van der Waals surface area contributed by atoms with Crippen LogP contribution < -0.4 is 19.7 Å². The molecule has 2 N–H and O–H groups in total. The molecule has 1 atom stereocenters. The van der Waals surface area contributed by atoms with E-state index in [4.69, 9.17) is 9.47 Å². The van der Waals surface area contributed by atoms with E-state index in [1.165, 1.54) is 19.1 Å². The predicted octanol–water partition coefficient (Wildman–Crippen LogP) is 3.94. The van der Waals surface area contributed by atoms with Crippen molar-refractivity contribution in [3.05, 3.63) is 83.6 Å². The molecule has 0 spiro atoms. The predicted molar refractivity (Wildman–Crippen MR) is 134 cm³/mol. The van der Waals surface area contributed by atoms with Crippen LogP contribution in [-0.2, 0) is 4.79 Å². The van der Waals surface area contributed by atoms with Crippen molar-refractivity contribution in [2.24, 2.45) is 0 Å². The summed E-state index contributed by atoms with van der Waals surface area (Å²) in [5.74, 6) is -0.337. The van der Waals surface area contributed by atoms with Gasteiger partial charge in [-0.25, -0.2) is 0 Å². The Balaban J connectivity index is 1.40. The van der Waals surface area contributed by atoms with Crippen LogP contribution in [0.1, 0.15) is 32.4 Å². The summed E-state index contributed by atoms with van der Waals surface area (Å²) in [4.78, 5) is 46.6. The SMILES string of the molecule is COc1ccc2c(c1OC)C(=O)N1c3ccccc3C(=O)N(CC(=O)Nc3ccc4cc[nH]c4c3)[C@H]21. The van der Waals surface area contributed by atoms with Crippen molar-refractivity contribution in [1.82, 2.24) is 9.88 Å². The number of amides is 3. The molecule has 9 nitrogen and oxygen atoms in total. The van der Waals surface area contributed by atoms with Crippen LogP contribution in [0.4, 0.5) is 11.4 Å². The highest BCUT2D eigenvalue weighted by Crippen LogP contribution is 2.49. The third kappa shape index (κ3) is 3.13. The van der Waals surface area contributed by atoms with Crippen molar-refractivity contribution in [1.29, 1.82) is 0 Å². The van der Waals surface area contributed by atoms with Gasteiger partial charge in [0.05, 0.1) is 31.0 Å². The Hall–Kier alpha value is -4.79. The van der Waals surface area contributed by atoms with Gasteiger partial charge in [0.2, 0.25) is 5.91 Å². The van der Waals surface area contributed by atoms with Gasteiger partial charge in [-0.05, 0) is 41.8 Å². The van der Waals surface area contributed by atoms with E-state index in [1.54, 1.807) is 47.4 Å². The normalized spacial score (nSPS) is 16.0. The molecule has 0 aliphatic carbocycles. The number of ether oxygens (including phenoxy) is 2. The van der Waals surface area contributed by atoms with Crippen LogP contribution in [0.5, 0.6) is 11.5 Å². The van der Waals surface area contributed by atoms with Crippen LogP contribution in [0.3, 0.4) is 0 Å². The maximum Gasteiger partial charge on any atom is 0.264 e. The van der Waals surface area contributed by atoms with Gasteiger partial charge in [0, 0.05) is 23.0 Å². The van der Waals surface area contributed by atoms with Crippen molar-refractivity contribution in [2.45, 2.75) is 6.17 Å². The van der Waals surface area contributed by atoms with E-state index in [1.807, 2.05) is 24.4 Å². The summed E-state index contributed by atoms with van der Waals surface area (Å²) in [7, 11) is 2.96. The molecule has 0 saturated heterocycles. The second-order valence-corrected chi connectivity index (χ2v) is 8.59. The van der Waals surface area contributed by atoms with Crippen LogP contribution in [0.25, 0.3) is 10.9 Å². The van der Waals surface area contributed by atoms with Crippen molar-refractivity contribution in [2.75, 3.05) is 31.0 Å². The largest absolute Gasteiger partial charge is 0.493 e. The third-order valence-electron chi connectivity index (χ3n) is 6.64. The Kier molecular flexibility index (Phi) is 4.92. The molecule has 2 aliphatic rings. The molecule has 9 heteroatoms. The van der Waals surface area contributed by atoms with Gasteiger partial charge in [-0.1, -0.05) is 24.3 Å². The number of methoxy groups -OCH3 is 2. The number of hydrogen-bond acceptors (Lipinski definition) is 5. The highest BCUT2D eigenvalue weighted by atomic mass is 16.5. The van der Waals surface area contributed by atoms with Gasteiger partial charge in [-0.2, -0.15) is 0 Å². The first-order chi connectivity index (χ1) is 17.5. The lowest BCUT2D eigenvalue weighted by Gasteiger charge is -2.40. The second-order valence-electron chi connectivity index (χ2n) is 8.59. The minimum absolute atomic E-state index is 0.252. The second kappa shape index (κ2) is 8.16. The van der Waals surface area contributed by atoms with Crippen molar-refractivity contribution < 1.29 is 23.9 Å². The molecule has 0 fully saturated rings. The number of fused-ring (bicyclic) bond motifs is 6. The van der Waals surface area contributed by atoms with Gasteiger partial charge in [0.1, 0.15) is 12.7 Å². The number of nitrogens with one attached hydrogen (secondary N) is 2. The number of benzene rings is 3. The molecule has 0 saturated carbocycles. The smallest absolute Gasteiger partial charge is 0.264 e. The van der Waals surface area contributed by atoms with E-state index < -0.39 is 6.17 Å². The standard InChI is InChI=1S/C27H22N4O5/c1-35-21-10-9-18-23(24(21)36-2)27(34)31-20-6-4-3-5-17(20)26(33)30(25(18)31)14-22(32)29-16-8-7-15-11-12-28-19(15)13-16/h3-13,25,28H,14H2,1-2H3,(H,29,32)/t25-/m0/s1. The zero-order valence-electron chi connectivity index (χ0n) is 19.6. The number of anilines is 2. The molecular weight excluding hydrogens is 460 g/mol. The molecule has 0 bridgehead atoms. The Morgan fingerprint density at radius 1 is 1.00 bits per heavy atom. The monoisotopic (exact) mass is 482 g/mol. The fraction of sp³-hybridized carbons (Fsp3) is 0.148. The highest BCUT2D eigenvalue weighted by molar-refractivity contribution is 6.18. The molecule has 2 aliphatic heterocycles. The van der Waals surface area contributed by atoms with Crippen molar-refractivity contribution in [3.8, 4) is 11.5 Å². The molecule has 180 valence electrons. The highest BCUT2D eigenvalue weighted by Gasteiger charge is 2.50. The van der Waals surface area contributed by atoms with Crippen LogP contribution in [-0.4, -0.2) is 48.4 Å². The van der Waals surface area contributed by atoms with Crippen LogP contribution in [0.2, 0.25) is 0 Å². The summed E-state index contributed by atoms with van der Waals surface area (Å²) in [6, 6.07) is 17.8. The van der Waals surface area contributed by atoms with Crippen molar-refractivity contribution >= 4 is 40.0 Å². The maximum atomic E-state index is 13.7. The number of aromatic amines is 1. The van der Waals surface area contributed by atoms with Gasteiger partial charge in [-0.15, -0.1) is 0 Å². The molecule has 3 heterocycles. The average molecular weight is 482 g/mol. The topological polar surface area (TPSA) is 104 Å². The molecule has 4 aromatic rings. The number of H-pyrrole nitrogens is 1. The molecular formula is C27H22N4O5. The summed E-state index contributed by atoms with van der Waals surface area (Å²) in [6.07, 6.45) is 1.03. The first kappa shape index (κ1) is 21.7. The lowest BCUT2D eigenvalue weighted by atomic mass is 10.0. The molecule has 3 amide bonds. The fourth-order valence-corrected chi connectivity index (χ4v) is 5.07. The Morgan fingerprint density at radius 3 is 2.64 bits per heavy atom. The molecule has 6 rings (SSSR count). The van der Waals surface area contributed by atoms with E-state index in [-0.39, 0.29) is 24.3 Å². The van der Waals surface area contributed by atoms with Gasteiger partial charge in [0.25, 0.3) is 11.8 Å². The number of hydrogen-bond donors (Lipinski definition) is 2. The van der Waals surface area contributed by atoms with E-state index in [0.29, 0.717) is 39.6 Å². The maximum absolute atomic E-state index is 13.7. The van der Waals surface area contributed by atoms with Crippen LogP contribution >= 0.6 is 0 Å². The summed E-state index contributed by atoms with van der Waals surface area (Å²) in [5, 5.41) is 3.90. The van der Waals surface area contributed by atoms with Crippen LogP contribution in [0, 0.1) is 0 Å². The van der Waals surface area contributed by atoms with E-state index >= 15 is 0 Å². The minimum Gasteiger partial charge on any atom is -0.493 e. The fourth-order valence-electron chi connectivity index (χ4n) is 5.07. The Labute approximate surface area is 206 Å². The quantitative estimate of drug-likeness (QED) is 0.449. The molecule has 0 unspecified atom stereocenters. The van der Waals surface area contributed by atoms with Gasteiger partial charge in [-0.3, -0.25) is 19.3 Å². The molecule has 1 aromatic heterocycles. The number of aromatic nitrogens is 1. The third-order valence-corrected chi connectivity index (χ3v) is 6.64. The lowest BCUT2D eigenvalue weighted by Crippen LogP contribution is -2.50. The Morgan fingerprint density at radius 2 is 1.83 bits per heavy atom. The number of para-hydroxylation sites is 1. The van der Waals surface area contributed by atoms with Gasteiger partial charge >= 0.3 is 0 Å². The number of nitrogens with zero attached hydrogens (tertiary/aromatic N) is 2. The summed E-state index contributed by atoms with van der Waals surface area (Å²) in [5.41, 5.74) is 3.21. The van der Waals surface area contributed by atoms with Gasteiger partial charge in [0.15, 0.2) is 11.5 Å². The zero-order chi connectivity index (χ0) is 25.0. The molecule has 3 aromatic carbocycles. The number of carbonyl (C=O) groups excluding carboxylic acids is 3. The van der Waals surface area contributed by atoms with Crippen molar-refractivity contribution in [3.63, 3.8) is 0 Å². The summed E-state index contributed by atoms with van der Waals surface area (Å²) in [6.45, 7) is -0.252. The number of rotatable bonds is 5. The minimum atomic E-state index is -0.800. The summed E-state index contributed by atoms with van der Waals surface area (Å²) < 4.78 is 10.9. The van der Waals surface area contributed by atoms with E-state index in [2.05, 4.69) is 10.3 Å². The first-order valence-electron chi connectivity index (χ1n) is 11.4.